The maximum absolute atomic E-state index is 11.2. The Bertz CT molecular complexity index is 333. The van der Waals surface area contributed by atoms with Crippen molar-refractivity contribution < 1.29 is 4.79 Å². The van der Waals surface area contributed by atoms with Gasteiger partial charge in [-0.3, -0.25) is 10.1 Å². The first kappa shape index (κ1) is 12.7. The minimum absolute atomic E-state index is 0.0315. The lowest BCUT2D eigenvalue weighted by molar-refractivity contribution is -0.118. The van der Waals surface area contributed by atoms with Crippen LogP contribution in [0.4, 0.5) is 0 Å². The third kappa shape index (κ3) is 3.36. The summed E-state index contributed by atoms with van der Waals surface area (Å²) in [6.07, 6.45) is 4.67. The Balaban J connectivity index is 1.86. The maximum Gasteiger partial charge on any atom is 0.229 e. The van der Waals surface area contributed by atoms with Gasteiger partial charge in [-0.15, -0.1) is 11.8 Å². The summed E-state index contributed by atoms with van der Waals surface area (Å²) in [5.74, 6) is 1.69. The molecule has 2 N–H and O–H groups in total. The molecule has 0 aromatic heterocycles. The summed E-state index contributed by atoms with van der Waals surface area (Å²) in [6.45, 7) is 0. The summed E-state index contributed by atoms with van der Waals surface area (Å²) >= 11 is 1.56. The van der Waals surface area contributed by atoms with Gasteiger partial charge in [0.1, 0.15) is 5.54 Å². The summed E-state index contributed by atoms with van der Waals surface area (Å²) in [7, 11) is 1.64. The van der Waals surface area contributed by atoms with Gasteiger partial charge in [0.05, 0.1) is 11.8 Å². The topological polar surface area (TPSA) is 64.9 Å². The molecule has 94 valence electrons. The average molecular weight is 253 g/mol. The van der Waals surface area contributed by atoms with Crippen LogP contribution in [0.1, 0.15) is 25.7 Å². The van der Waals surface area contributed by atoms with E-state index in [2.05, 4.69) is 16.7 Å². The van der Waals surface area contributed by atoms with Gasteiger partial charge < -0.3 is 5.32 Å². The van der Waals surface area contributed by atoms with Crippen molar-refractivity contribution in [2.75, 3.05) is 18.6 Å². The maximum atomic E-state index is 11.2. The third-order valence-corrected chi connectivity index (χ3v) is 4.48. The number of nitrogens with zero attached hydrogens (tertiary/aromatic N) is 1. The number of hydrogen-bond acceptors (Lipinski definition) is 4. The molecule has 0 spiro atoms. The number of hydrogen-bond donors (Lipinski definition) is 2. The zero-order valence-corrected chi connectivity index (χ0v) is 11.0. The van der Waals surface area contributed by atoms with Crippen molar-refractivity contribution in [3.8, 4) is 6.07 Å². The third-order valence-electron chi connectivity index (χ3n) is 3.35. The van der Waals surface area contributed by atoms with Crippen LogP contribution in [-0.2, 0) is 4.79 Å². The van der Waals surface area contributed by atoms with Crippen LogP contribution in [0, 0.1) is 17.2 Å². The van der Waals surface area contributed by atoms with Crippen LogP contribution in [0.2, 0.25) is 0 Å². The quantitative estimate of drug-likeness (QED) is 0.707. The van der Waals surface area contributed by atoms with Crippen LogP contribution in [0.5, 0.6) is 0 Å². The smallest absolute Gasteiger partial charge is 0.229 e. The minimum Gasteiger partial charge on any atom is -0.358 e. The second-order valence-corrected chi connectivity index (χ2v) is 5.93. The molecular weight excluding hydrogens is 234 g/mol. The molecule has 0 aromatic rings. The highest BCUT2D eigenvalue weighted by Crippen LogP contribution is 2.42. The van der Waals surface area contributed by atoms with E-state index in [0.29, 0.717) is 17.7 Å². The van der Waals surface area contributed by atoms with E-state index in [1.807, 2.05) is 0 Å². The van der Waals surface area contributed by atoms with Gasteiger partial charge in [0.2, 0.25) is 5.91 Å². The summed E-state index contributed by atoms with van der Waals surface area (Å²) < 4.78 is 0. The van der Waals surface area contributed by atoms with E-state index in [1.165, 1.54) is 12.8 Å². The molecule has 1 unspecified atom stereocenters. The highest BCUT2D eigenvalue weighted by Gasteiger charge is 2.48. The Hall–Kier alpha value is -0.730. The molecule has 17 heavy (non-hydrogen) atoms. The molecule has 2 fully saturated rings. The second-order valence-electron chi connectivity index (χ2n) is 4.94. The molecule has 0 heterocycles. The van der Waals surface area contributed by atoms with Gasteiger partial charge in [0.25, 0.3) is 0 Å². The number of carbonyl (C=O) groups excluding carboxylic acids is 1. The number of rotatable bonds is 7. The fourth-order valence-electron chi connectivity index (χ4n) is 1.98. The Morgan fingerprint density at radius 2 is 2.18 bits per heavy atom. The molecule has 5 heteroatoms. The van der Waals surface area contributed by atoms with Crippen molar-refractivity contribution >= 4 is 17.7 Å². The number of thioether (sulfide) groups is 1. The van der Waals surface area contributed by atoms with Gasteiger partial charge in [-0.25, -0.2) is 0 Å². The van der Waals surface area contributed by atoms with Crippen molar-refractivity contribution in [1.82, 2.24) is 10.6 Å². The van der Waals surface area contributed by atoms with E-state index in [1.54, 1.807) is 18.8 Å². The minimum atomic E-state index is -0.389. The molecule has 1 atom stereocenters. The Morgan fingerprint density at radius 1 is 1.47 bits per heavy atom. The van der Waals surface area contributed by atoms with Gasteiger partial charge in [-0.1, -0.05) is 0 Å². The first-order chi connectivity index (χ1) is 8.20. The van der Waals surface area contributed by atoms with Gasteiger partial charge in [0, 0.05) is 18.8 Å². The monoisotopic (exact) mass is 253 g/mol. The van der Waals surface area contributed by atoms with Crippen LogP contribution in [-0.4, -0.2) is 36.0 Å². The Morgan fingerprint density at radius 3 is 2.65 bits per heavy atom. The van der Waals surface area contributed by atoms with Crippen LogP contribution >= 0.6 is 11.8 Å². The second kappa shape index (κ2) is 5.28. The summed E-state index contributed by atoms with van der Waals surface area (Å²) in [4.78, 5) is 11.2. The average Bonchev–Trinajstić information content (AvgIpc) is 3.18. The lowest BCUT2D eigenvalue weighted by Crippen LogP contribution is -2.49. The summed E-state index contributed by atoms with van der Waals surface area (Å²) in [5, 5.41) is 15.6. The zero-order chi connectivity index (χ0) is 12.3. The molecule has 0 aliphatic heterocycles. The van der Waals surface area contributed by atoms with Gasteiger partial charge in [-0.05, 0) is 31.6 Å². The van der Waals surface area contributed by atoms with Crippen molar-refractivity contribution in [1.29, 1.82) is 5.26 Å². The van der Waals surface area contributed by atoms with Crippen molar-refractivity contribution in [2.45, 2.75) is 37.3 Å². The summed E-state index contributed by atoms with van der Waals surface area (Å²) in [5.41, 5.74) is -0.389. The standard InChI is InChI=1S/C12H19N3OS/c1-14-11(16)6-17-8-12(7-13,9-2-3-9)15-10-4-5-10/h9-10,15H,2-6,8H2,1H3,(H,14,16). The highest BCUT2D eigenvalue weighted by atomic mass is 32.2. The normalized spacial score (nSPS) is 22.6. The summed E-state index contributed by atoms with van der Waals surface area (Å²) in [6, 6.07) is 3.01. The van der Waals surface area contributed by atoms with E-state index in [9.17, 15) is 10.1 Å². The Labute approximate surface area is 107 Å². The lowest BCUT2D eigenvalue weighted by Gasteiger charge is -2.27. The van der Waals surface area contributed by atoms with Crippen molar-refractivity contribution in [3.63, 3.8) is 0 Å². The van der Waals surface area contributed by atoms with Gasteiger partial charge >= 0.3 is 0 Å². The molecule has 4 nitrogen and oxygen atoms in total. The van der Waals surface area contributed by atoms with Gasteiger partial charge in [0.15, 0.2) is 0 Å². The van der Waals surface area contributed by atoms with E-state index in [4.69, 9.17) is 0 Å². The molecule has 2 aliphatic rings. The fourth-order valence-corrected chi connectivity index (χ4v) is 3.12. The Kier molecular flexibility index (Phi) is 3.95. The van der Waals surface area contributed by atoms with Crippen LogP contribution in [0.3, 0.4) is 0 Å². The first-order valence-electron chi connectivity index (χ1n) is 6.17. The zero-order valence-electron chi connectivity index (χ0n) is 10.2. The largest absolute Gasteiger partial charge is 0.358 e. The molecule has 1 amide bonds. The van der Waals surface area contributed by atoms with E-state index >= 15 is 0 Å². The molecule has 0 bridgehead atoms. The fraction of sp³-hybridized carbons (Fsp3) is 0.833. The van der Waals surface area contributed by atoms with Gasteiger partial charge in [-0.2, -0.15) is 5.26 Å². The molecular formula is C12H19N3OS. The van der Waals surface area contributed by atoms with Crippen molar-refractivity contribution in [2.24, 2.45) is 5.92 Å². The number of nitrogens with one attached hydrogen (secondary N) is 2. The SMILES string of the molecule is CNC(=O)CSCC(C#N)(NC1CC1)C1CC1. The van der Waals surface area contributed by atoms with Crippen molar-refractivity contribution in [3.05, 3.63) is 0 Å². The predicted octanol–water partition coefficient (Wildman–Crippen LogP) is 0.890. The van der Waals surface area contributed by atoms with E-state index in [0.717, 1.165) is 18.6 Å². The highest BCUT2D eigenvalue weighted by molar-refractivity contribution is 8.00. The first-order valence-corrected chi connectivity index (χ1v) is 7.33. The molecule has 2 saturated carbocycles. The molecule has 2 aliphatic carbocycles. The van der Waals surface area contributed by atoms with Crippen LogP contribution in [0.15, 0.2) is 0 Å². The van der Waals surface area contributed by atoms with E-state index in [-0.39, 0.29) is 11.4 Å². The molecule has 0 saturated heterocycles. The number of nitriles is 1. The molecule has 0 aromatic carbocycles. The predicted molar refractivity (Wildman–Crippen MR) is 68.6 cm³/mol. The molecule has 2 rings (SSSR count). The van der Waals surface area contributed by atoms with Crippen LogP contribution < -0.4 is 10.6 Å². The van der Waals surface area contributed by atoms with Crippen LogP contribution in [0.25, 0.3) is 0 Å². The lowest BCUT2D eigenvalue weighted by atomic mass is 9.97. The van der Waals surface area contributed by atoms with E-state index < -0.39 is 0 Å². The molecule has 0 radical (unpaired) electrons. The number of amides is 1. The number of carbonyl (C=O) groups is 1.